The molecule has 150 valence electrons. The number of amides is 1. The van der Waals surface area contributed by atoms with Crippen molar-refractivity contribution in [3.63, 3.8) is 0 Å². The van der Waals surface area contributed by atoms with E-state index >= 15 is 0 Å². The lowest BCUT2D eigenvalue weighted by Crippen LogP contribution is -2.11. The fraction of sp³-hybridized carbons (Fsp3) is 0.125. The quantitative estimate of drug-likeness (QED) is 0.640. The summed E-state index contributed by atoms with van der Waals surface area (Å²) >= 11 is 0. The van der Waals surface area contributed by atoms with Crippen molar-refractivity contribution in [2.45, 2.75) is 19.8 Å². The zero-order chi connectivity index (χ0) is 21.3. The van der Waals surface area contributed by atoms with Crippen LogP contribution in [0.3, 0.4) is 0 Å². The van der Waals surface area contributed by atoms with Crippen LogP contribution < -0.4 is 10.7 Å². The molecule has 0 aliphatic heterocycles. The minimum atomic E-state index is -1.21. The molecule has 0 spiro atoms. The largest absolute Gasteiger partial charge is 0.478 e. The lowest BCUT2D eigenvalue weighted by atomic mass is 10.1. The number of rotatable bonds is 4. The molecule has 1 heterocycles. The van der Waals surface area contributed by atoms with Crippen LogP contribution in [-0.4, -0.2) is 17.0 Å². The summed E-state index contributed by atoms with van der Waals surface area (Å²) in [5.41, 5.74) is 4.55. The fourth-order valence-corrected chi connectivity index (χ4v) is 3.60. The third-order valence-electron chi connectivity index (χ3n) is 4.95. The van der Waals surface area contributed by atoms with E-state index in [1.54, 1.807) is 18.2 Å². The van der Waals surface area contributed by atoms with Crippen molar-refractivity contribution in [3.05, 3.63) is 87.3 Å². The van der Waals surface area contributed by atoms with E-state index in [0.29, 0.717) is 34.4 Å². The van der Waals surface area contributed by atoms with Gasteiger partial charge in [-0.15, -0.1) is 0 Å². The highest BCUT2D eigenvalue weighted by molar-refractivity contribution is 6.03. The Morgan fingerprint density at radius 3 is 2.70 bits per heavy atom. The van der Waals surface area contributed by atoms with Gasteiger partial charge in [-0.25, -0.2) is 4.79 Å². The number of carboxylic acid groups (broad SMARTS) is 1. The molecule has 1 aliphatic carbocycles. The van der Waals surface area contributed by atoms with Crippen molar-refractivity contribution in [2.24, 2.45) is 0 Å². The first-order valence-electron chi connectivity index (χ1n) is 9.50. The molecular formula is C24H19NO5. The predicted octanol–water partition coefficient (Wildman–Crippen LogP) is 4.17. The second-order valence-electron chi connectivity index (χ2n) is 7.19. The molecule has 0 fully saturated rings. The molecule has 0 saturated carbocycles. The minimum Gasteiger partial charge on any atom is -0.478 e. The van der Waals surface area contributed by atoms with Gasteiger partial charge in [0.25, 0.3) is 0 Å². The topological polar surface area (TPSA) is 96.6 Å². The molecule has 2 aromatic carbocycles. The van der Waals surface area contributed by atoms with Crippen LogP contribution in [0.2, 0.25) is 0 Å². The molecule has 4 rings (SSSR count). The van der Waals surface area contributed by atoms with Gasteiger partial charge in [-0.05, 0) is 49.1 Å². The van der Waals surface area contributed by atoms with Crippen LogP contribution >= 0.6 is 0 Å². The van der Waals surface area contributed by atoms with Gasteiger partial charge in [0.2, 0.25) is 5.91 Å². The maximum atomic E-state index is 12.9. The maximum absolute atomic E-state index is 12.9. The summed E-state index contributed by atoms with van der Waals surface area (Å²) in [7, 11) is 0. The highest BCUT2D eigenvalue weighted by Gasteiger charge is 2.24. The number of allylic oxidation sites excluding steroid dienone is 1. The molecule has 0 saturated heterocycles. The summed E-state index contributed by atoms with van der Waals surface area (Å²) in [6, 6.07) is 12.9. The van der Waals surface area contributed by atoms with Crippen molar-refractivity contribution >= 4 is 40.2 Å². The van der Waals surface area contributed by atoms with Gasteiger partial charge < -0.3 is 14.8 Å². The van der Waals surface area contributed by atoms with Crippen LogP contribution in [0.4, 0.5) is 5.69 Å². The fourth-order valence-electron chi connectivity index (χ4n) is 3.60. The van der Waals surface area contributed by atoms with Crippen molar-refractivity contribution in [2.75, 3.05) is 5.32 Å². The zero-order valence-corrected chi connectivity index (χ0v) is 16.3. The zero-order valence-electron chi connectivity index (χ0n) is 16.3. The third-order valence-corrected chi connectivity index (χ3v) is 4.95. The van der Waals surface area contributed by atoms with Crippen molar-refractivity contribution in [3.8, 4) is 0 Å². The molecule has 3 aromatic rings. The number of carbonyl (C=O) groups excluding carboxylic acids is 1. The first-order chi connectivity index (χ1) is 14.4. The Hall–Kier alpha value is -3.93. The molecular weight excluding hydrogens is 382 g/mol. The highest BCUT2D eigenvalue weighted by Crippen LogP contribution is 2.34. The van der Waals surface area contributed by atoms with Gasteiger partial charge in [0, 0.05) is 29.5 Å². The predicted molar refractivity (Wildman–Crippen MR) is 115 cm³/mol. The van der Waals surface area contributed by atoms with Gasteiger partial charge in [0.1, 0.15) is 11.3 Å². The molecule has 0 radical (unpaired) electrons. The molecule has 1 aliphatic rings. The Morgan fingerprint density at radius 2 is 1.93 bits per heavy atom. The number of hydrogen-bond acceptors (Lipinski definition) is 4. The molecule has 1 aromatic heterocycles. The minimum absolute atomic E-state index is 0.0671. The summed E-state index contributed by atoms with van der Waals surface area (Å²) in [5.74, 6) is -1.21. The SMILES string of the molecule is Cc1cccc(/C=C2\CCc3c2oc2cc(NC(=O)/C=C/C(=O)O)ccc2c3=O)c1. The van der Waals surface area contributed by atoms with Gasteiger partial charge in [0.05, 0.1) is 5.39 Å². The smallest absolute Gasteiger partial charge is 0.328 e. The first-order valence-corrected chi connectivity index (χ1v) is 9.50. The van der Waals surface area contributed by atoms with E-state index in [-0.39, 0.29) is 5.43 Å². The van der Waals surface area contributed by atoms with Crippen LogP contribution in [0.15, 0.2) is 63.8 Å². The standard InChI is InChI=1S/C24H19NO5/c1-14-3-2-4-15(11-14)12-16-5-7-19-23(29)18-8-6-17(13-20(18)30-24(16)19)25-21(26)9-10-22(27)28/h2-4,6,8-13H,5,7H2,1H3,(H,25,26)(H,27,28)/b10-9+,16-12+. The van der Waals surface area contributed by atoms with E-state index in [1.165, 1.54) is 0 Å². The number of aliphatic carboxylic acids is 1. The van der Waals surface area contributed by atoms with Crippen LogP contribution in [0.25, 0.3) is 22.6 Å². The van der Waals surface area contributed by atoms with Gasteiger partial charge in [-0.1, -0.05) is 29.8 Å². The number of nitrogens with one attached hydrogen (secondary N) is 1. The molecule has 0 unspecified atom stereocenters. The molecule has 0 atom stereocenters. The van der Waals surface area contributed by atoms with Crippen LogP contribution in [0.5, 0.6) is 0 Å². The number of benzene rings is 2. The molecule has 6 nitrogen and oxygen atoms in total. The normalized spacial score (nSPS) is 14.4. The number of carboxylic acids is 1. The van der Waals surface area contributed by atoms with Gasteiger partial charge >= 0.3 is 5.97 Å². The Bertz CT molecular complexity index is 1300. The Kier molecular flexibility index (Phi) is 5.06. The number of hydrogen-bond donors (Lipinski definition) is 2. The number of anilines is 1. The van der Waals surface area contributed by atoms with Gasteiger partial charge in [-0.2, -0.15) is 0 Å². The van der Waals surface area contributed by atoms with E-state index in [0.717, 1.165) is 35.3 Å². The second-order valence-corrected chi connectivity index (χ2v) is 7.19. The van der Waals surface area contributed by atoms with Crippen LogP contribution in [0.1, 0.15) is 28.9 Å². The summed E-state index contributed by atoms with van der Waals surface area (Å²) in [4.78, 5) is 35.3. The van der Waals surface area contributed by atoms with Crippen molar-refractivity contribution < 1.29 is 19.1 Å². The third kappa shape index (κ3) is 3.93. The molecule has 2 N–H and O–H groups in total. The average molecular weight is 401 g/mol. The van der Waals surface area contributed by atoms with Crippen molar-refractivity contribution in [1.82, 2.24) is 0 Å². The van der Waals surface area contributed by atoms with Gasteiger partial charge in [-0.3, -0.25) is 9.59 Å². The monoisotopic (exact) mass is 401 g/mol. The molecule has 1 amide bonds. The van der Waals surface area contributed by atoms with Crippen molar-refractivity contribution in [1.29, 1.82) is 0 Å². The molecule has 30 heavy (non-hydrogen) atoms. The van der Waals surface area contributed by atoms with E-state index in [1.807, 2.05) is 31.2 Å². The number of aryl methyl sites for hydroxylation is 1. The Balaban J connectivity index is 1.72. The van der Waals surface area contributed by atoms with Crippen LogP contribution in [-0.2, 0) is 16.0 Å². The molecule has 0 bridgehead atoms. The molecule has 6 heteroatoms. The number of carbonyl (C=O) groups is 2. The lowest BCUT2D eigenvalue weighted by molar-refractivity contribution is -0.131. The summed E-state index contributed by atoms with van der Waals surface area (Å²) in [5, 5.41) is 11.6. The van der Waals surface area contributed by atoms with E-state index < -0.39 is 11.9 Å². The highest BCUT2D eigenvalue weighted by atomic mass is 16.4. The summed E-state index contributed by atoms with van der Waals surface area (Å²) in [6.45, 7) is 2.03. The van der Waals surface area contributed by atoms with Gasteiger partial charge in [0.15, 0.2) is 5.43 Å². The Labute approximate surface area is 172 Å². The lowest BCUT2D eigenvalue weighted by Gasteiger charge is -2.07. The Morgan fingerprint density at radius 1 is 1.10 bits per heavy atom. The number of fused-ring (bicyclic) bond motifs is 2. The van der Waals surface area contributed by atoms with E-state index in [4.69, 9.17) is 9.52 Å². The maximum Gasteiger partial charge on any atom is 0.328 e. The van der Waals surface area contributed by atoms with E-state index in [2.05, 4.69) is 11.4 Å². The average Bonchev–Trinajstić information content (AvgIpc) is 3.09. The second kappa shape index (κ2) is 7.83. The first kappa shape index (κ1) is 19.4. The van der Waals surface area contributed by atoms with E-state index in [9.17, 15) is 14.4 Å². The summed E-state index contributed by atoms with van der Waals surface area (Å²) in [6.07, 6.45) is 5.07. The van der Waals surface area contributed by atoms with Crippen LogP contribution in [0, 0.1) is 6.92 Å². The summed E-state index contributed by atoms with van der Waals surface area (Å²) < 4.78 is 6.09.